The summed E-state index contributed by atoms with van der Waals surface area (Å²) < 4.78 is 46.0. The number of para-hydroxylation sites is 2. The van der Waals surface area contributed by atoms with Gasteiger partial charge in [0.2, 0.25) is 0 Å². The first-order chi connectivity index (χ1) is 14.9. The second-order valence-electron chi connectivity index (χ2n) is 3.97. The normalized spacial score (nSPS) is 6.50. The molecule has 0 saturated heterocycles. The number of rotatable bonds is 5. The standard InChI is InChI=1S/C17H15NO.5CO.Cr/c1-3-17(19-4-2)18(15-11-7-5-8-12-15)16-13-9-6-10-14-16;5*1-2;/h5-14H,4H2,2H3;;;;;;. The van der Waals surface area contributed by atoms with Gasteiger partial charge in [0, 0.05) is 0 Å². The molecule has 0 radical (unpaired) electrons. The average Bonchev–Trinajstić information content (AvgIpc) is 2.87. The van der Waals surface area contributed by atoms with Gasteiger partial charge in [0.05, 0.1) is 0 Å². The summed E-state index contributed by atoms with van der Waals surface area (Å²) in [6.07, 6.45) is 0. The van der Waals surface area contributed by atoms with Crippen LogP contribution < -0.4 is 4.90 Å². The Morgan fingerprint density at radius 2 is 1.10 bits per heavy atom. The third-order valence-electron chi connectivity index (χ3n) is 2.67. The summed E-state index contributed by atoms with van der Waals surface area (Å²) >= 11 is 2.70. The van der Waals surface area contributed by atoms with Gasteiger partial charge in [-0.05, 0) is 0 Å². The molecule has 0 spiro atoms. The fourth-order valence-corrected chi connectivity index (χ4v) is 2.01. The van der Waals surface area contributed by atoms with Crippen LogP contribution in [0.15, 0.2) is 72.3 Å². The maximum absolute atomic E-state index is 7.50. The van der Waals surface area contributed by atoms with Crippen molar-refractivity contribution < 1.29 is 43.8 Å². The van der Waals surface area contributed by atoms with Crippen molar-refractivity contribution in [1.29, 1.82) is 0 Å². The van der Waals surface area contributed by atoms with Crippen molar-refractivity contribution in [1.82, 2.24) is 0 Å². The molecule has 30 heavy (non-hydrogen) atoms. The molecule has 2 aromatic rings. The Morgan fingerprint density at radius 1 is 0.767 bits per heavy atom. The summed E-state index contributed by atoms with van der Waals surface area (Å²) in [7, 11) is 0. The van der Waals surface area contributed by atoms with Gasteiger partial charge in [0.15, 0.2) is 0 Å². The quantitative estimate of drug-likeness (QED) is 0.305. The molecule has 0 fully saturated rings. The van der Waals surface area contributed by atoms with Crippen molar-refractivity contribution in [2.45, 2.75) is 6.92 Å². The van der Waals surface area contributed by atoms with Gasteiger partial charge in [-0.2, -0.15) is 0 Å². The molecule has 2 rings (SSSR count). The summed E-state index contributed by atoms with van der Waals surface area (Å²) in [6, 6.07) is 20.1. The molecule has 7 nitrogen and oxygen atoms in total. The monoisotopic (exact) mass is 441 g/mol. The van der Waals surface area contributed by atoms with Crippen LogP contribution >= 0.6 is 0 Å². The molecule has 2 aromatic carbocycles. The summed E-state index contributed by atoms with van der Waals surface area (Å²) in [4.78, 5) is 2.01. The van der Waals surface area contributed by atoms with Crippen molar-refractivity contribution in [3.05, 3.63) is 106 Å². The SMILES string of the molecule is CCOC(=C=[C]=[Cr])N(c1ccccc1)c1ccccc1.[C-]#[O+].[C-]#[O+].[C-]#[O+].[C-]#[O+].[C-]#[O+]. The molecule has 0 aromatic heterocycles. The predicted molar refractivity (Wildman–Crippen MR) is 98.3 cm³/mol. The molecule has 0 unspecified atom stereocenters. The van der Waals surface area contributed by atoms with Gasteiger partial charge in [0.25, 0.3) is 0 Å². The van der Waals surface area contributed by atoms with Crippen LogP contribution in [0.3, 0.4) is 0 Å². The van der Waals surface area contributed by atoms with Gasteiger partial charge in [-0.1, -0.05) is 0 Å². The van der Waals surface area contributed by atoms with E-state index in [0.717, 1.165) is 11.4 Å². The molecule has 0 N–H and O–H groups in total. The number of hydrogen-bond acceptors (Lipinski definition) is 2. The Balaban J connectivity index is -0.000000296. The van der Waals surface area contributed by atoms with Crippen LogP contribution in [-0.2, 0) is 43.8 Å². The Kier molecular flexibility index (Phi) is 34.7. The summed E-state index contributed by atoms with van der Waals surface area (Å²) in [5.74, 6) is 0.614. The molecule has 0 bridgehead atoms. The number of ether oxygens (including phenoxy) is 1. The molecule has 0 aliphatic carbocycles. The summed E-state index contributed by atoms with van der Waals surface area (Å²) in [5.41, 5.74) is 5.03. The summed E-state index contributed by atoms with van der Waals surface area (Å²) in [5, 5.41) is 0. The summed E-state index contributed by atoms with van der Waals surface area (Å²) in [6.45, 7) is 25.0. The zero-order valence-electron chi connectivity index (χ0n) is 15.8. The van der Waals surface area contributed by atoms with Crippen LogP contribution in [0.1, 0.15) is 6.92 Å². The Hall–Kier alpha value is -3.30. The third-order valence-corrected chi connectivity index (χ3v) is 2.83. The van der Waals surface area contributed by atoms with Gasteiger partial charge in [-0.3, -0.25) is 0 Å². The van der Waals surface area contributed by atoms with E-state index in [4.69, 9.17) is 28.0 Å². The minimum atomic E-state index is 0.570. The second kappa shape index (κ2) is 30.4. The minimum absolute atomic E-state index is 0.570. The van der Waals surface area contributed by atoms with Crippen LogP contribution in [0, 0.1) is 33.3 Å². The van der Waals surface area contributed by atoms with E-state index < -0.39 is 0 Å². The van der Waals surface area contributed by atoms with Gasteiger partial charge < -0.3 is 0 Å². The van der Waals surface area contributed by atoms with E-state index in [1.807, 2.05) is 72.5 Å². The fourth-order valence-electron chi connectivity index (χ4n) is 1.87. The van der Waals surface area contributed by atoms with E-state index >= 15 is 0 Å². The molecule has 0 aliphatic rings. The van der Waals surface area contributed by atoms with E-state index in [1.54, 1.807) is 0 Å². The van der Waals surface area contributed by atoms with Crippen molar-refractivity contribution in [2.24, 2.45) is 0 Å². The van der Waals surface area contributed by atoms with Crippen LogP contribution in [0.25, 0.3) is 0 Å². The number of nitrogens with zero attached hydrogens (tertiary/aromatic N) is 1. The van der Waals surface area contributed by atoms with E-state index in [9.17, 15) is 0 Å². The molecule has 0 atom stereocenters. The van der Waals surface area contributed by atoms with Crippen molar-refractivity contribution >= 4 is 15.9 Å². The van der Waals surface area contributed by atoms with E-state index in [2.05, 4.69) is 59.4 Å². The Labute approximate surface area is 183 Å². The van der Waals surface area contributed by atoms with Crippen molar-refractivity contribution in [3.63, 3.8) is 0 Å². The molecule has 0 amide bonds. The maximum atomic E-state index is 7.50. The molecule has 0 aliphatic heterocycles. The fraction of sp³-hybridized carbons (Fsp3) is 0.0909. The Bertz CT molecular complexity index is 770. The Morgan fingerprint density at radius 3 is 1.37 bits per heavy atom. The topological polar surface area (TPSA) is 112 Å². The number of hydrogen-bond donors (Lipinski definition) is 0. The molecule has 150 valence electrons. The molecule has 0 saturated carbocycles. The van der Waals surface area contributed by atoms with Gasteiger partial charge in [-0.15, -0.1) is 0 Å². The third kappa shape index (κ3) is 14.7. The predicted octanol–water partition coefficient (Wildman–Crippen LogP) is 3.62. The number of anilines is 2. The van der Waals surface area contributed by atoms with Crippen LogP contribution in [0.4, 0.5) is 11.4 Å². The van der Waals surface area contributed by atoms with Crippen molar-refractivity contribution in [2.75, 3.05) is 11.5 Å². The second-order valence-corrected chi connectivity index (χ2v) is 4.29. The average molecular weight is 441 g/mol. The molecule has 8 heteroatoms. The molecule has 0 heterocycles. The van der Waals surface area contributed by atoms with E-state index in [0.29, 0.717) is 12.5 Å². The van der Waals surface area contributed by atoms with E-state index in [1.165, 1.54) is 0 Å². The van der Waals surface area contributed by atoms with Gasteiger partial charge in [-0.25, -0.2) is 0 Å². The van der Waals surface area contributed by atoms with E-state index in [-0.39, 0.29) is 0 Å². The van der Waals surface area contributed by atoms with Crippen LogP contribution in [0.5, 0.6) is 0 Å². The first-order valence-electron chi connectivity index (χ1n) is 7.42. The molecular weight excluding hydrogens is 426 g/mol. The van der Waals surface area contributed by atoms with Gasteiger partial charge in [0.1, 0.15) is 0 Å². The number of benzene rings is 2. The first-order valence-corrected chi connectivity index (χ1v) is 8.05. The molecular formula is C22H15CrNO6. The van der Waals surface area contributed by atoms with Gasteiger partial charge >= 0.3 is 184 Å². The first kappa shape index (κ1) is 34.2. The van der Waals surface area contributed by atoms with Crippen LogP contribution in [0.2, 0.25) is 0 Å². The zero-order chi connectivity index (χ0) is 24.2. The van der Waals surface area contributed by atoms with Crippen molar-refractivity contribution in [3.8, 4) is 0 Å². The van der Waals surface area contributed by atoms with Crippen LogP contribution in [-0.4, -0.2) is 11.1 Å². The zero-order valence-corrected chi connectivity index (χ0v) is 17.1.